The largest absolute Gasteiger partial charge is 0.398 e. The zero-order valence-electron chi connectivity index (χ0n) is 10.0. The van der Waals surface area contributed by atoms with E-state index in [1.807, 2.05) is 0 Å². The molecule has 1 amide bonds. The van der Waals surface area contributed by atoms with E-state index in [1.54, 1.807) is 18.2 Å². The van der Waals surface area contributed by atoms with Crippen LogP contribution in [0.5, 0.6) is 0 Å². The van der Waals surface area contributed by atoms with Gasteiger partial charge in [-0.15, -0.1) is 0 Å². The van der Waals surface area contributed by atoms with E-state index in [0.717, 1.165) is 11.7 Å². The molecule has 2 aromatic heterocycles. The number of pyridine rings is 1. The van der Waals surface area contributed by atoms with Gasteiger partial charge in [0.2, 0.25) is 0 Å². The van der Waals surface area contributed by atoms with Gasteiger partial charge in [-0.25, -0.2) is 0 Å². The molecule has 0 aliphatic rings. The molecule has 0 unspecified atom stereocenters. The van der Waals surface area contributed by atoms with Gasteiger partial charge in [0.05, 0.1) is 28.0 Å². The fraction of sp³-hybridized carbons (Fsp3) is 0. The summed E-state index contributed by atoms with van der Waals surface area (Å²) in [6, 6.07) is 4.96. The third-order valence-electron chi connectivity index (χ3n) is 2.72. The molecule has 8 heteroatoms. The molecular weight excluding hydrogens is 298 g/mol. The minimum atomic E-state index is -0.391. The topological polar surface area (TPSA) is 93.8 Å². The number of nitrogen functional groups attached to an aromatic ring is 1. The molecule has 0 radical (unpaired) electrons. The van der Waals surface area contributed by atoms with Crippen LogP contribution < -0.4 is 11.1 Å². The second-order valence-corrected chi connectivity index (χ2v) is 4.91. The molecule has 3 aromatic rings. The van der Waals surface area contributed by atoms with Crippen molar-refractivity contribution in [2.45, 2.75) is 0 Å². The number of nitrogens with two attached hydrogens (primary N) is 1. The molecule has 3 rings (SSSR count). The number of hydrogen-bond acceptors (Lipinski definition) is 6. The first kappa shape index (κ1) is 12.8. The fourth-order valence-corrected chi connectivity index (χ4v) is 2.46. The van der Waals surface area contributed by atoms with Gasteiger partial charge < -0.3 is 11.1 Å². The highest BCUT2D eigenvalue weighted by Gasteiger charge is 2.15. The van der Waals surface area contributed by atoms with Crippen molar-refractivity contribution in [3.05, 3.63) is 41.2 Å². The normalized spacial score (nSPS) is 10.7. The Kier molecular flexibility index (Phi) is 3.21. The highest BCUT2D eigenvalue weighted by molar-refractivity contribution is 7.00. The molecule has 0 saturated heterocycles. The predicted octanol–water partition coefficient (Wildman–Crippen LogP) is 2.57. The minimum Gasteiger partial charge on any atom is -0.398 e. The lowest BCUT2D eigenvalue weighted by Gasteiger charge is -2.08. The van der Waals surface area contributed by atoms with Gasteiger partial charge in [0.1, 0.15) is 11.0 Å². The molecule has 20 heavy (non-hydrogen) atoms. The van der Waals surface area contributed by atoms with Gasteiger partial charge in [0.15, 0.2) is 0 Å². The second kappa shape index (κ2) is 5.03. The summed E-state index contributed by atoms with van der Waals surface area (Å²) < 4.78 is 8.23. The zero-order chi connectivity index (χ0) is 14.1. The van der Waals surface area contributed by atoms with Gasteiger partial charge in [0.25, 0.3) is 5.91 Å². The first-order valence-corrected chi connectivity index (χ1v) is 6.69. The third kappa shape index (κ3) is 2.17. The molecule has 2 heterocycles. The van der Waals surface area contributed by atoms with E-state index in [1.165, 1.54) is 12.4 Å². The molecule has 0 spiro atoms. The molecule has 0 aliphatic carbocycles. The summed E-state index contributed by atoms with van der Waals surface area (Å²) in [6.45, 7) is 0. The molecule has 3 N–H and O–H groups in total. The van der Waals surface area contributed by atoms with Gasteiger partial charge >= 0.3 is 0 Å². The van der Waals surface area contributed by atoms with Gasteiger partial charge in [-0.1, -0.05) is 11.6 Å². The smallest absolute Gasteiger partial charge is 0.259 e. The summed E-state index contributed by atoms with van der Waals surface area (Å²) in [5, 5.41) is 3.10. The van der Waals surface area contributed by atoms with Gasteiger partial charge in [-0.3, -0.25) is 9.78 Å². The van der Waals surface area contributed by atoms with Crippen molar-refractivity contribution in [2.75, 3.05) is 11.1 Å². The van der Waals surface area contributed by atoms with E-state index < -0.39 is 5.91 Å². The zero-order valence-corrected chi connectivity index (χ0v) is 11.6. The number of hydrogen-bond donors (Lipinski definition) is 2. The van der Waals surface area contributed by atoms with Gasteiger partial charge in [0, 0.05) is 18.1 Å². The van der Waals surface area contributed by atoms with Crippen molar-refractivity contribution in [1.29, 1.82) is 0 Å². The summed E-state index contributed by atoms with van der Waals surface area (Å²) in [4.78, 5) is 16.1. The number of nitrogens with zero attached hydrogens (tertiary/aromatic N) is 3. The number of amides is 1. The van der Waals surface area contributed by atoms with Gasteiger partial charge in [-0.2, -0.15) is 8.75 Å². The lowest BCUT2D eigenvalue weighted by molar-refractivity contribution is 0.102. The van der Waals surface area contributed by atoms with Crippen molar-refractivity contribution in [3.63, 3.8) is 0 Å². The first-order valence-electron chi connectivity index (χ1n) is 5.58. The van der Waals surface area contributed by atoms with Crippen molar-refractivity contribution in [1.82, 2.24) is 13.7 Å². The van der Waals surface area contributed by atoms with Crippen LogP contribution in [0.25, 0.3) is 11.0 Å². The summed E-state index contributed by atoms with van der Waals surface area (Å²) >= 11 is 7.16. The Morgan fingerprint density at radius 1 is 1.30 bits per heavy atom. The van der Waals surface area contributed by atoms with Crippen molar-refractivity contribution < 1.29 is 4.79 Å². The van der Waals surface area contributed by atoms with E-state index in [2.05, 4.69) is 19.0 Å². The molecule has 100 valence electrons. The number of benzene rings is 1. The Bertz CT molecular complexity index is 803. The van der Waals surface area contributed by atoms with Crippen LogP contribution in [0, 0.1) is 0 Å². The molecule has 1 aromatic carbocycles. The highest BCUT2D eigenvalue weighted by Crippen LogP contribution is 2.30. The predicted molar refractivity (Wildman–Crippen MR) is 79.0 cm³/mol. The Hall–Kier alpha value is -2.25. The van der Waals surface area contributed by atoms with E-state index >= 15 is 0 Å². The maximum atomic E-state index is 12.2. The summed E-state index contributed by atoms with van der Waals surface area (Å²) in [6.07, 6.45) is 2.92. The quantitative estimate of drug-likeness (QED) is 0.759. The van der Waals surface area contributed by atoms with Crippen molar-refractivity contribution >= 4 is 51.6 Å². The number of fused-ring (bicyclic) bond motifs is 1. The van der Waals surface area contributed by atoms with Crippen LogP contribution in [0.4, 0.5) is 11.4 Å². The SMILES string of the molecule is Nc1ccncc1C(=O)Nc1c(Cl)ccc2nsnc12. The van der Waals surface area contributed by atoms with E-state index in [9.17, 15) is 4.79 Å². The molecule has 0 saturated carbocycles. The maximum Gasteiger partial charge on any atom is 0.259 e. The summed E-state index contributed by atoms with van der Waals surface area (Å²) in [5.41, 5.74) is 8.02. The Morgan fingerprint density at radius 3 is 2.95 bits per heavy atom. The number of nitrogens with one attached hydrogen (secondary N) is 1. The molecule has 0 bridgehead atoms. The number of anilines is 2. The number of carbonyl (C=O) groups excluding carboxylic acids is 1. The van der Waals surface area contributed by atoms with Crippen LogP contribution in [0.2, 0.25) is 5.02 Å². The van der Waals surface area contributed by atoms with E-state index in [4.69, 9.17) is 17.3 Å². The molecule has 0 fully saturated rings. The Labute approximate surface area is 122 Å². The monoisotopic (exact) mass is 305 g/mol. The van der Waals surface area contributed by atoms with Crippen LogP contribution in [0.1, 0.15) is 10.4 Å². The van der Waals surface area contributed by atoms with Crippen molar-refractivity contribution in [3.8, 4) is 0 Å². The molecule has 0 atom stereocenters. The van der Waals surface area contributed by atoms with Crippen LogP contribution in [0.3, 0.4) is 0 Å². The van der Waals surface area contributed by atoms with Crippen molar-refractivity contribution in [2.24, 2.45) is 0 Å². The summed E-state index contributed by atoms with van der Waals surface area (Å²) in [7, 11) is 0. The Balaban J connectivity index is 2.01. The lowest BCUT2D eigenvalue weighted by Crippen LogP contribution is -2.15. The molecule has 6 nitrogen and oxygen atoms in total. The molecule has 0 aliphatic heterocycles. The average molecular weight is 306 g/mol. The van der Waals surface area contributed by atoms with Crippen LogP contribution in [-0.4, -0.2) is 19.6 Å². The number of aromatic nitrogens is 3. The minimum absolute atomic E-state index is 0.281. The number of halogens is 1. The Morgan fingerprint density at radius 2 is 2.15 bits per heavy atom. The number of rotatable bonds is 2. The van der Waals surface area contributed by atoms with Crippen LogP contribution >= 0.6 is 23.3 Å². The van der Waals surface area contributed by atoms with Crippen LogP contribution in [-0.2, 0) is 0 Å². The van der Waals surface area contributed by atoms with E-state index in [-0.39, 0.29) is 5.56 Å². The average Bonchev–Trinajstić information content (AvgIpc) is 2.91. The highest BCUT2D eigenvalue weighted by atomic mass is 35.5. The first-order chi connectivity index (χ1) is 9.66. The fourth-order valence-electron chi connectivity index (χ4n) is 1.72. The summed E-state index contributed by atoms with van der Waals surface area (Å²) in [5.74, 6) is -0.391. The van der Waals surface area contributed by atoms with E-state index in [0.29, 0.717) is 27.4 Å². The maximum absolute atomic E-state index is 12.2. The number of carbonyl (C=O) groups is 1. The van der Waals surface area contributed by atoms with Crippen LogP contribution in [0.15, 0.2) is 30.6 Å². The third-order valence-corrected chi connectivity index (χ3v) is 3.57. The van der Waals surface area contributed by atoms with Gasteiger partial charge in [-0.05, 0) is 18.2 Å². The standard InChI is InChI=1S/C12H8ClN5OS/c13-7-1-2-9-11(18-20-17-9)10(7)16-12(19)6-5-15-4-3-8(6)14/h1-5H,(H2,14,15)(H,16,19). The lowest BCUT2D eigenvalue weighted by atomic mass is 10.2. The molecular formula is C12H8ClN5OS. The second-order valence-electron chi connectivity index (χ2n) is 3.97.